The van der Waals surface area contributed by atoms with E-state index in [2.05, 4.69) is 15.3 Å². The van der Waals surface area contributed by atoms with Crippen molar-refractivity contribution in [3.8, 4) is 0 Å². The molecule has 0 fully saturated rings. The third kappa shape index (κ3) is 4.91. The van der Waals surface area contributed by atoms with Crippen molar-refractivity contribution in [3.05, 3.63) is 23.8 Å². The largest absolute Gasteiger partial charge is 0.480 e. The average Bonchev–Trinajstić information content (AvgIpc) is 2.25. The summed E-state index contributed by atoms with van der Waals surface area (Å²) in [4.78, 5) is 19.1. The molecular weight excluding hydrogens is 218 g/mol. The van der Waals surface area contributed by atoms with Crippen LogP contribution in [0, 0.1) is 12.8 Å². The van der Waals surface area contributed by atoms with Crippen LogP contribution in [0.3, 0.4) is 0 Å². The summed E-state index contributed by atoms with van der Waals surface area (Å²) in [6.07, 6.45) is 4.04. The Morgan fingerprint density at radius 1 is 1.41 bits per heavy atom. The lowest BCUT2D eigenvalue weighted by atomic mass is 10.0. The zero-order chi connectivity index (χ0) is 12.8. The molecule has 0 saturated carbocycles. The molecule has 0 saturated heterocycles. The quantitative estimate of drug-likeness (QED) is 0.781. The van der Waals surface area contributed by atoms with E-state index in [1.807, 2.05) is 20.8 Å². The topological polar surface area (TPSA) is 75.1 Å². The number of aliphatic carboxylic acids is 1. The van der Waals surface area contributed by atoms with Crippen molar-refractivity contribution in [1.82, 2.24) is 15.3 Å². The molecule has 0 aromatic carbocycles. The third-order valence-electron chi connectivity index (χ3n) is 2.39. The lowest BCUT2D eigenvalue weighted by Gasteiger charge is -2.16. The van der Waals surface area contributed by atoms with E-state index in [0.717, 1.165) is 5.56 Å². The van der Waals surface area contributed by atoms with E-state index >= 15 is 0 Å². The van der Waals surface area contributed by atoms with Crippen LogP contribution in [-0.4, -0.2) is 27.1 Å². The van der Waals surface area contributed by atoms with Crippen LogP contribution in [-0.2, 0) is 11.3 Å². The highest BCUT2D eigenvalue weighted by molar-refractivity contribution is 5.73. The Morgan fingerprint density at radius 3 is 2.47 bits per heavy atom. The van der Waals surface area contributed by atoms with Crippen molar-refractivity contribution >= 4 is 5.97 Å². The van der Waals surface area contributed by atoms with Crippen molar-refractivity contribution in [3.63, 3.8) is 0 Å². The number of carboxylic acids is 1. The van der Waals surface area contributed by atoms with Gasteiger partial charge in [-0.1, -0.05) is 13.8 Å². The number of rotatable bonds is 6. The van der Waals surface area contributed by atoms with Gasteiger partial charge in [0.05, 0.1) is 0 Å². The molecule has 0 aliphatic heterocycles. The van der Waals surface area contributed by atoms with Crippen molar-refractivity contribution in [2.75, 3.05) is 0 Å². The van der Waals surface area contributed by atoms with Gasteiger partial charge in [0.2, 0.25) is 0 Å². The second-order valence-electron chi connectivity index (χ2n) is 4.54. The van der Waals surface area contributed by atoms with Crippen molar-refractivity contribution in [2.24, 2.45) is 5.92 Å². The highest BCUT2D eigenvalue weighted by atomic mass is 16.4. The van der Waals surface area contributed by atoms with Gasteiger partial charge in [-0.25, -0.2) is 9.97 Å². The zero-order valence-corrected chi connectivity index (χ0v) is 10.5. The maximum absolute atomic E-state index is 11.0. The number of aromatic nitrogens is 2. The molecule has 1 heterocycles. The Labute approximate surface area is 101 Å². The van der Waals surface area contributed by atoms with Crippen LogP contribution >= 0.6 is 0 Å². The predicted molar refractivity (Wildman–Crippen MR) is 64.5 cm³/mol. The van der Waals surface area contributed by atoms with Gasteiger partial charge in [0.1, 0.15) is 11.9 Å². The molecule has 0 radical (unpaired) electrons. The molecule has 0 spiro atoms. The molecule has 94 valence electrons. The Bertz CT molecular complexity index is 363. The Balaban J connectivity index is 2.51. The summed E-state index contributed by atoms with van der Waals surface area (Å²) in [6.45, 7) is 6.30. The maximum atomic E-state index is 11.0. The van der Waals surface area contributed by atoms with Crippen LogP contribution in [0.1, 0.15) is 31.7 Å². The molecule has 0 amide bonds. The minimum absolute atomic E-state index is 0.345. The van der Waals surface area contributed by atoms with Gasteiger partial charge in [0, 0.05) is 24.5 Å². The van der Waals surface area contributed by atoms with Crippen molar-refractivity contribution in [1.29, 1.82) is 0 Å². The summed E-state index contributed by atoms with van der Waals surface area (Å²) >= 11 is 0. The molecule has 5 nitrogen and oxygen atoms in total. The van der Waals surface area contributed by atoms with Gasteiger partial charge in [0.25, 0.3) is 0 Å². The minimum Gasteiger partial charge on any atom is -0.480 e. The first-order chi connectivity index (χ1) is 7.99. The number of hydrogen-bond acceptors (Lipinski definition) is 4. The van der Waals surface area contributed by atoms with E-state index in [4.69, 9.17) is 5.11 Å². The molecule has 0 bridgehead atoms. The standard InChI is InChI=1S/C12H19N3O2/c1-8(2)4-11(12(16)17)15-7-10-5-13-9(3)14-6-10/h5-6,8,11,15H,4,7H2,1-3H3,(H,16,17)/t11-/m1/s1. The Hall–Kier alpha value is -1.49. The van der Waals surface area contributed by atoms with E-state index in [1.54, 1.807) is 12.4 Å². The first kappa shape index (κ1) is 13.6. The second kappa shape index (κ2) is 6.30. The molecule has 0 unspecified atom stereocenters. The van der Waals surface area contributed by atoms with E-state index in [9.17, 15) is 4.79 Å². The maximum Gasteiger partial charge on any atom is 0.320 e. The van der Waals surface area contributed by atoms with Crippen LogP contribution in [0.25, 0.3) is 0 Å². The van der Waals surface area contributed by atoms with Crippen LogP contribution in [0.4, 0.5) is 0 Å². The minimum atomic E-state index is -0.813. The smallest absolute Gasteiger partial charge is 0.320 e. The first-order valence-corrected chi connectivity index (χ1v) is 5.72. The number of nitrogens with one attached hydrogen (secondary N) is 1. The van der Waals surface area contributed by atoms with E-state index in [-0.39, 0.29) is 0 Å². The Morgan fingerprint density at radius 2 is 2.00 bits per heavy atom. The van der Waals surface area contributed by atoms with Gasteiger partial charge in [-0.05, 0) is 19.3 Å². The van der Waals surface area contributed by atoms with E-state index < -0.39 is 12.0 Å². The number of carbonyl (C=O) groups is 1. The van der Waals surface area contributed by atoms with Crippen molar-refractivity contribution in [2.45, 2.75) is 39.8 Å². The molecule has 0 aliphatic rings. The summed E-state index contributed by atoms with van der Waals surface area (Å²) in [6, 6.07) is -0.517. The van der Waals surface area contributed by atoms with Gasteiger partial charge in [-0.3, -0.25) is 4.79 Å². The monoisotopic (exact) mass is 237 g/mol. The highest BCUT2D eigenvalue weighted by Gasteiger charge is 2.17. The number of carboxylic acid groups (broad SMARTS) is 1. The molecule has 1 aromatic rings. The van der Waals surface area contributed by atoms with Crippen molar-refractivity contribution < 1.29 is 9.90 Å². The van der Waals surface area contributed by atoms with Gasteiger partial charge in [-0.15, -0.1) is 0 Å². The summed E-state index contributed by atoms with van der Waals surface area (Å²) in [5, 5.41) is 12.1. The lowest BCUT2D eigenvalue weighted by molar-refractivity contribution is -0.140. The summed E-state index contributed by atoms with van der Waals surface area (Å²) in [5.74, 6) is 0.246. The zero-order valence-electron chi connectivity index (χ0n) is 10.5. The lowest BCUT2D eigenvalue weighted by Crippen LogP contribution is -2.37. The molecule has 2 N–H and O–H groups in total. The fourth-order valence-electron chi connectivity index (χ4n) is 1.49. The van der Waals surface area contributed by atoms with Gasteiger partial charge >= 0.3 is 5.97 Å². The summed E-state index contributed by atoms with van der Waals surface area (Å²) < 4.78 is 0. The van der Waals surface area contributed by atoms with E-state index in [0.29, 0.717) is 24.7 Å². The summed E-state index contributed by atoms with van der Waals surface area (Å²) in [7, 11) is 0. The van der Waals surface area contributed by atoms with Gasteiger partial charge in [-0.2, -0.15) is 0 Å². The second-order valence-corrected chi connectivity index (χ2v) is 4.54. The van der Waals surface area contributed by atoms with Crippen LogP contribution < -0.4 is 5.32 Å². The van der Waals surface area contributed by atoms with Crippen LogP contribution in [0.5, 0.6) is 0 Å². The Kier molecular flexibility index (Phi) is 5.03. The molecule has 1 rings (SSSR count). The normalized spacial score (nSPS) is 12.7. The molecule has 17 heavy (non-hydrogen) atoms. The number of aryl methyl sites for hydroxylation is 1. The molecular formula is C12H19N3O2. The van der Waals surface area contributed by atoms with E-state index in [1.165, 1.54) is 0 Å². The fourth-order valence-corrected chi connectivity index (χ4v) is 1.49. The van der Waals surface area contributed by atoms with Crippen LogP contribution in [0.2, 0.25) is 0 Å². The average molecular weight is 237 g/mol. The summed E-state index contributed by atoms with van der Waals surface area (Å²) in [5.41, 5.74) is 0.894. The third-order valence-corrected chi connectivity index (χ3v) is 2.39. The number of nitrogens with zero attached hydrogens (tertiary/aromatic N) is 2. The molecule has 5 heteroatoms. The van der Waals surface area contributed by atoms with Crippen LogP contribution in [0.15, 0.2) is 12.4 Å². The van der Waals surface area contributed by atoms with Gasteiger partial charge in [0.15, 0.2) is 0 Å². The molecule has 1 aromatic heterocycles. The van der Waals surface area contributed by atoms with Gasteiger partial charge < -0.3 is 10.4 Å². The highest BCUT2D eigenvalue weighted by Crippen LogP contribution is 2.06. The number of hydrogen-bond donors (Lipinski definition) is 2. The molecule has 1 atom stereocenters. The first-order valence-electron chi connectivity index (χ1n) is 5.72. The SMILES string of the molecule is Cc1ncc(CN[C@H](CC(C)C)C(=O)O)cn1. The predicted octanol–water partition coefficient (Wildman–Crippen LogP) is 1.37. The fraction of sp³-hybridized carbons (Fsp3) is 0.583. The molecule has 0 aliphatic carbocycles.